The Hall–Kier alpha value is -5.69. The number of halogens is 1. The van der Waals surface area contributed by atoms with Crippen LogP contribution in [0, 0.1) is 10.1 Å². The second-order valence-corrected chi connectivity index (χ2v) is 10.7. The van der Waals surface area contributed by atoms with Crippen LogP contribution < -0.4 is 29.2 Å². The molecule has 1 heterocycles. The lowest BCUT2D eigenvalue weighted by Crippen LogP contribution is -2.54. The Balaban J connectivity index is 1.34. The number of carbonyl (C=O) groups excluding carboxylic acids is 3. The van der Waals surface area contributed by atoms with Crippen molar-refractivity contribution < 1.29 is 38.3 Å². The van der Waals surface area contributed by atoms with Crippen LogP contribution in [-0.2, 0) is 22.8 Å². The van der Waals surface area contributed by atoms with E-state index < -0.39 is 22.8 Å². The Labute approximate surface area is 271 Å². The molecule has 1 fully saturated rings. The van der Waals surface area contributed by atoms with Crippen LogP contribution in [0.15, 0.2) is 95.0 Å². The summed E-state index contributed by atoms with van der Waals surface area (Å²) >= 11 is 3.48. The number of amides is 4. The summed E-state index contributed by atoms with van der Waals surface area (Å²) in [6.07, 6.45) is 1.28. The van der Waals surface area contributed by atoms with Crippen molar-refractivity contribution >= 4 is 51.2 Å². The van der Waals surface area contributed by atoms with Gasteiger partial charge in [-0.15, -0.1) is 0 Å². The van der Waals surface area contributed by atoms with Gasteiger partial charge in [0.2, 0.25) is 0 Å². The average molecular weight is 688 g/mol. The number of imide groups is 2. The minimum atomic E-state index is -1.03. The topological polar surface area (TPSA) is 147 Å². The van der Waals surface area contributed by atoms with E-state index in [4.69, 9.17) is 18.9 Å². The Morgan fingerprint density at radius 3 is 2.28 bits per heavy atom. The molecule has 0 bridgehead atoms. The maximum Gasteiger partial charge on any atom is 0.335 e. The quantitative estimate of drug-likeness (QED) is 0.0843. The number of methoxy groups -OCH3 is 2. The molecule has 13 heteroatoms. The van der Waals surface area contributed by atoms with Gasteiger partial charge in [-0.2, -0.15) is 0 Å². The molecular weight excluding hydrogens is 662 g/mol. The lowest BCUT2D eigenvalue weighted by Gasteiger charge is -2.26. The van der Waals surface area contributed by atoms with Gasteiger partial charge in [-0.1, -0.05) is 42.5 Å². The Morgan fingerprint density at radius 2 is 1.57 bits per heavy atom. The van der Waals surface area contributed by atoms with Crippen LogP contribution in [-0.4, -0.2) is 37.0 Å². The van der Waals surface area contributed by atoms with E-state index in [1.807, 2.05) is 36.4 Å². The predicted molar refractivity (Wildman–Crippen MR) is 171 cm³/mol. The first-order valence-corrected chi connectivity index (χ1v) is 14.5. The Morgan fingerprint density at radius 1 is 0.826 bits per heavy atom. The van der Waals surface area contributed by atoms with Crippen molar-refractivity contribution in [3.63, 3.8) is 0 Å². The molecule has 1 aliphatic rings. The molecule has 1 saturated heterocycles. The van der Waals surface area contributed by atoms with Gasteiger partial charge in [-0.05, 0) is 69.0 Å². The molecule has 12 nitrogen and oxygen atoms in total. The van der Waals surface area contributed by atoms with Gasteiger partial charge in [0, 0.05) is 12.1 Å². The number of benzene rings is 4. The van der Waals surface area contributed by atoms with Crippen LogP contribution in [0.2, 0.25) is 0 Å². The maximum absolute atomic E-state index is 13.3. The van der Waals surface area contributed by atoms with Gasteiger partial charge in [0.25, 0.3) is 17.5 Å². The molecule has 0 aromatic heterocycles. The molecule has 0 unspecified atom stereocenters. The fraction of sp³-hybridized carbons (Fsp3) is 0.121. The lowest BCUT2D eigenvalue weighted by molar-refractivity contribution is -0.384. The van der Waals surface area contributed by atoms with Gasteiger partial charge in [-0.3, -0.25) is 25.0 Å². The Bertz CT molecular complexity index is 1860. The van der Waals surface area contributed by atoms with Crippen molar-refractivity contribution in [2.75, 3.05) is 19.1 Å². The van der Waals surface area contributed by atoms with Gasteiger partial charge < -0.3 is 18.9 Å². The zero-order valence-corrected chi connectivity index (χ0v) is 26.1. The van der Waals surface area contributed by atoms with Crippen molar-refractivity contribution in [1.29, 1.82) is 0 Å². The molecular formula is C33H26BrN3O9. The third-order valence-corrected chi connectivity index (χ3v) is 7.40. The highest BCUT2D eigenvalue weighted by molar-refractivity contribution is 9.10. The third kappa shape index (κ3) is 7.00. The highest BCUT2D eigenvalue weighted by Crippen LogP contribution is 2.39. The lowest BCUT2D eigenvalue weighted by atomic mass is 10.1. The number of nitro groups is 1. The number of urea groups is 1. The molecule has 4 aromatic rings. The highest BCUT2D eigenvalue weighted by atomic mass is 79.9. The molecule has 4 aromatic carbocycles. The Kier molecular flexibility index (Phi) is 9.62. The van der Waals surface area contributed by atoms with Crippen molar-refractivity contribution in [1.82, 2.24) is 5.32 Å². The molecule has 0 radical (unpaired) electrons. The normalized spacial score (nSPS) is 13.8. The van der Waals surface area contributed by atoms with E-state index in [0.717, 1.165) is 17.2 Å². The molecule has 5 rings (SSSR count). The number of nitrogens with zero attached hydrogens (tertiary/aromatic N) is 2. The van der Waals surface area contributed by atoms with Crippen LogP contribution in [0.4, 0.5) is 16.2 Å². The molecule has 4 amide bonds. The number of hydrogen-bond acceptors (Lipinski definition) is 9. The third-order valence-electron chi connectivity index (χ3n) is 6.81. The number of hydrogen-bond donors (Lipinski definition) is 1. The zero-order valence-electron chi connectivity index (χ0n) is 24.5. The monoisotopic (exact) mass is 687 g/mol. The van der Waals surface area contributed by atoms with E-state index in [1.54, 1.807) is 31.4 Å². The summed E-state index contributed by atoms with van der Waals surface area (Å²) in [4.78, 5) is 49.8. The summed E-state index contributed by atoms with van der Waals surface area (Å²) < 4.78 is 23.5. The van der Waals surface area contributed by atoms with Crippen LogP contribution in [0.25, 0.3) is 6.08 Å². The van der Waals surface area contributed by atoms with E-state index >= 15 is 0 Å². The molecule has 0 atom stereocenters. The second kappa shape index (κ2) is 13.9. The fourth-order valence-electron chi connectivity index (χ4n) is 4.58. The largest absolute Gasteiger partial charge is 0.493 e. The summed E-state index contributed by atoms with van der Waals surface area (Å²) in [6, 6.07) is 22.3. The average Bonchev–Trinajstić information content (AvgIpc) is 3.05. The molecule has 1 aliphatic heterocycles. The van der Waals surface area contributed by atoms with Crippen molar-refractivity contribution in [3.8, 4) is 23.0 Å². The minimum absolute atomic E-state index is 0.0648. The predicted octanol–water partition coefficient (Wildman–Crippen LogP) is 6.20. The number of anilines is 1. The number of barbiturate groups is 1. The zero-order chi connectivity index (χ0) is 32.8. The van der Waals surface area contributed by atoms with Crippen molar-refractivity contribution in [3.05, 3.63) is 122 Å². The van der Waals surface area contributed by atoms with Crippen molar-refractivity contribution in [2.24, 2.45) is 0 Å². The first-order valence-electron chi connectivity index (χ1n) is 13.7. The summed E-state index contributed by atoms with van der Waals surface area (Å²) in [7, 11) is 2.99. The van der Waals surface area contributed by atoms with E-state index in [-0.39, 0.29) is 23.6 Å². The fourth-order valence-corrected chi connectivity index (χ4v) is 5.15. The first kappa shape index (κ1) is 31.7. The maximum atomic E-state index is 13.3. The standard InChI is InChI=1S/C33H26BrN3O9/c1-43-28-15-21(11-12-27(28)45-18-20-7-4-3-5-8-20)19-46-30-26(34)14-22(16-29(30)44-2)13-25-31(38)35-33(40)36(32(25)39)23-9-6-10-24(17-23)37(41)42/h3-17H,18-19H2,1-2H3,(H,35,38,40)/b25-13-. The van der Waals surface area contributed by atoms with Gasteiger partial charge in [0.15, 0.2) is 23.0 Å². The van der Waals surface area contributed by atoms with Crippen LogP contribution in [0.3, 0.4) is 0 Å². The molecule has 0 saturated carbocycles. The minimum Gasteiger partial charge on any atom is -0.493 e. The molecule has 46 heavy (non-hydrogen) atoms. The molecule has 234 valence electrons. The molecule has 0 aliphatic carbocycles. The highest BCUT2D eigenvalue weighted by Gasteiger charge is 2.37. The molecule has 1 N–H and O–H groups in total. The van der Waals surface area contributed by atoms with Crippen LogP contribution in [0.5, 0.6) is 23.0 Å². The van der Waals surface area contributed by atoms with E-state index in [1.165, 1.54) is 31.4 Å². The first-order chi connectivity index (χ1) is 22.2. The van der Waals surface area contributed by atoms with Crippen molar-refractivity contribution in [2.45, 2.75) is 13.2 Å². The SMILES string of the molecule is COc1cc(COc2c(Br)cc(/C=C3/C(=O)NC(=O)N(c4cccc([N+](=O)[O-])c4)C3=O)cc2OC)ccc1OCc1ccccc1. The van der Waals surface area contributed by atoms with E-state index in [2.05, 4.69) is 21.2 Å². The summed E-state index contributed by atoms with van der Waals surface area (Å²) in [5, 5.41) is 13.3. The number of nitro benzene ring substituents is 1. The number of ether oxygens (including phenoxy) is 4. The summed E-state index contributed by atoms with van der Waals surface area (Å²) in [5.41, 5.74) is 1.44. The molecule has 0 spiro atoms. The number of non-ortho nitro benzene ring substituents is 1. The van der Waals surface area contributed by atoms with E-state index in [0.29, 0.717) is 44.5 Å². The van der Waals surface area contributed by atoms with Gasteiger partial charge in [0.1, 0.15) is 18.8 Å². The van der Waals surface area contributed by atoms with Gasteiger partial charge >= 0.3 is 6.03 Å². The number of rotatable bonds is 11. The van der Waals surface area contributed by atoms with Crippen LogP contribution in [0.1, 0.15) is 16.7 Å². The summed E-state index contributed by atoms with van der Waals surface area (Å²) in [5.74, 6) is -0.0874. The summed E-state index contributed by atoms with van der Waals surface area (Å²) in [6.45, 7) is 0.530. The number of carbonyl (C=O) groups is 3. The second-order valence-electron chi connectivity index (χ2n) is 9.82. The smallest absolute Gasteiger partial charge is 0.335 e. The van der Waals surface area contributed by atoms with Crippen LogP contribution >= 0.6 is 15.9 Å². The van der Waals surface area contributed by atoms with Gasteiger partial charge in [-0.25, -0.2) is 9.69 Å². The van der Waals surface area contributed by atoms with Gasteiger partial charge in [0.05, 0.1) is 29.3 Å². The number of nitrogens with one attached hydrogen (secondary N) is 1. The van der Waals surface area contributed by atoms with E-state index in [9.17, 15) is 24.5 Å².